The zero-order valence-electron chi connectivity index (χ0n) is 5.39. The first kappa shape index (κ1) is 6.05. The van der Waals surface area contributed by atoms with Crippen molar-refractivity contribution in [2.75, 3.05) is 6.61 Å². The minimum atomic E-state index is 0.0277. The Kier molecular flexibility index (Phi) is 1.86. The van der Waals surface area contributed by atoms with Crippen LogP contribution in [0.5, 0.6) is 0 Å². The smallest absolute Gasteiger partial charge is 0.155 e. The van der Waals surface area contributed by atoms with Gasteiger partial charge in [-0.05, 0) is 13.3 Å². The fourth-order valence-corrected chi connectivity index (χ4v) is 0.806. The van der Waals surface area contributed by atoms with Crippen LogP contribution in [-0.2, 0) is 9.47 Å². The lowest BCUT2D eigenvalue weighted by Gasteiger charge is -2.02. The first-order valence-corrected chi connectivity index (χ1v) is 3.10. The minimum absolute atomic E-state index is 0.0277. The van der Waals surface area contributed by atoms with Crippen LogP contribution >= 0.6 is 0 Å². The second-order valence-corrected chi connectivity index (χ2v) is 2.07. The molecule has 2 nitrogen and oxygen atoms in total. The molecule has 1 heterocycles. The van der Waals surface area contributed by atoms with E-state index in [0.29, 0.717) is 6.10 Å². The highest BCUT2D eigenvalue weighted by Crippen LogP contribution is 2.12. The highest BCUT2D eigenvalue weighted by Gasteiger charge is 2.19. The summed E-state index contributed by atoms with van der Waals surface area (Å²) in [6.07, 6.45) is 1.44. The van der Waals surface area contributed by atoms with E-state index >= 15 is 0 Å². The minimum Gasteiger partial charge on any atom is -0.350 e. The summed E-state index contributed by atoms with van der Waals surface area (Å²) < 4.78 is 10.4. The van der Waals surface area contributed by atoms with E-state index in [9.17, 15) is 0 Å². The Balaban J connectivity index is 2.22. The summed E-state index contributed by atoms with van der Waals surface area (Å²) in [6, 6.07) is 0. The topological polar surface area (TPSA) is 18.5 Å². The quantitative estimate of drug-likeness (QED) is 0.511. The lowest BCUT2D eigenvalue weighted by Crippen LogP contribution is -2.07. The van der Waals surface area contributed by atoms with E-state index in [1.807, 2.05) is 6.92 Å². The van der Waals surface area contributed by atoms with Gasteiger partial charge in [0.2, 0.25) is 0 Å². The van der Waals surface area contributed by atoms with E-state index in [0.717, 1.165) is 13.0 Å². The van der Waals surface area contributed by atoms with E-state index in [1.165, 1.54) is 0 Å². The Hall–Kier alpha value is -0.0800. The van der Waals surface area contributed by atoms with Crippen LogP contribution in [0.15, 0.2) is 0 Å². The molecule has 2 heteroatoms. The SMILES string of the molecule is CC[C@@H]1COC(C)O1. The number of hydrogen-bond donors (Lipinski definition) is 0. The molecule has 0 radical (unpaired) electrons. The van der Waals surface area contributed by atoms with Gasteiger partial charge in [0.05, 0.1) is 12.7 Å². The van der Waals surface area contributed by atoms with Crippen LogP contribution in [0.1, 0.15) is 20.3 Å². The summed E-state index contributed by atoms with van der Waals surface area (Å²) in [5.74, 6) is 0. The normalized spacial score (nSPS) is 38.2. The average molecular weight is 116 g/mol. The molecule has 1 unspecified atom stereocenters. The van der Waals surface area contributed by atoms with Crippen molar-refractivity contribution in [1.29, 1.82) is 0 Å². The molecule has 0 spiro atoms. The van der Waals surface area contributed by atoms with E-state index < -0.39 is 0 Å². The molecule has 0 saturated carbocycles. The highest BCUT2D eigenvalue weighted by atomic mass is 16.7. The number of hydrogen-bond acceptors (Lipinski definition) is 2. The zero-order chi connectivity index (χ0) is 5.98. The van der Waals surface area contributed by atoms with Gasteiger partial charge in [-0.3, -0.25) is 0 Å². The summed E-state index contributed by atoms with van der Waals surface area (Å²) in [4.78, 5) is 0. The Morgan fingerprint density at radius 1 is 1.62 bits per heavy atom. The summed E-state index contributed by atoms with van der Waals surface area (Å²) in [6.45, 7) is 4.80. The van der Waals surface area contributed by atoms with E-state index in [1.54, 1.807) is 0 Å². The molecule has 1 saturated heterocycles. The van der Waals surface area contributed by atoms with Gasteiger partial charge in [-0.2, -0.15) is 0 Å². The van der Waals surface area contributed by atoms with Crippen LogP contribution in [0.25, 0.3) is 0 Å². The molecule has 48 valence electrons. The molecule has 1 fully saturated rings. The fourth-order valence-electron chi connectivity index (χ4n) is 0.806. The third kappa shape index (κ3) is 1.20. The van der Waals surface area contributed by atoms with E-state index in [-0.39, 0.29) is 6.29 Å². The van der Waals surface area contributed by atoms with Crippen LogP contribution in [0, 0.1) is 0 Å². The summed E-state index contributed by atoms with van der Waals surface area (Å²) in [7, 11) is 0. The molecule has 8 heavy (non-hydrogen) atoms. The Bertz CT molecular complexity index is 72.9. The molecule has 0 aromatic rings. The molecule has 0 N–H and O–H groups in total. The van der Waals surface area contributed by atoms with Crippen molar-refractivity contribution in [3.05, 3.63) is 0 Å². The number of ether oxygens (including phenoxy) is 2. The maximum atomic E-state index is 5.29. The van der Waals surface area contributed by atoms with E-state index in [2.05, 4.69) is 6.92 Å². The van der Waals surface area contributed by atoms with Crippen LogP contribution in [0.4, 0.5) is 0 Å². The molecule has 1 rings (SSSR count). The molecule has 0 amide bonds. The van der Waals surface area contributed by atoms with Crippen LogP contribution in [-0.4, -0.2) is 19.0 Å². The van der Waals surface area contributed by atoms with Gasteiger partial charge in [-0.1, -0.05) is 6.92 Å². The molecule has 1 aliphatic heterocycles. The first-order chi connectivity index (χ1) is 3.83. The molecular weight excluding hydrogens is 104 g/mol. The monoisotopic (exact) mass is 116 g/mol. The lowest BCUT2D eigenvalue weighted by atomic mass is 10.3. The lowest BCUT2D eigenvalue weighted by molar-refractivity contribution is -0.0424. The predicted octanol–water partition coefficient (Wildman–Crippen LogP) is 1.16. The second kappa shape index (κ2) is 2.46. The third-order valence-electron chi connectivity index (χ3n) is 1.36. The predicted molar refractivity (Wildman–Crippen MR) is 30.6 cm³/mol. The summed E-state index contributed by atoms with van der Waals surface area (Å²) >= 11 is 0. The molecular formula is C6H12O2. The van der Waals surface area contributed by atoms with Crippen molar-refractivity contribution in [3.63, 3.8) is 0 Å². The Labute approximate surface area is 49.8 Å². The van der Waals surface area contributed by atoms with Gasteiger partial charge in [0.1, 0.15) is 0 Å². The van der Waals surface area contributed by atoms with Gasteiger partial charge in [-0.25, -0.2) is 0 Å². The van der Waals surface area contributed by atoms with Crippen molar-refractivity contribution in [1.82, 2.24) is 0 Å². The maximum Gasteiger partial charge on any atom is 0.155 e. The zero-order valence-corrected chi connectivity index (χ0v) is 5.39. The largest absolute Gasteiger partial charge is 0.350 e. The molecule has 0 aromatic heterocycles. The molecule has 1 aliphatic rings. The Morgan fingerprint density at radius 3 is 2.62 bits per heavy atom. The van der Waals surface area contributed by atoms with Crippen molar-refractivity contribution < 1.29 is 9.47 Å². The van der Waals surface area contributed by atoms with Gasteiger partial charge in [0.15, 0.2) is 6.29 Å². The average Bonchev–Trinajstić information content (AvgIpc) is 2.14. The third-order valence-corrected chi connectivity index (χ3v) is 1.36. The van der Waals surface area contributed by atoms with Crippen molar-refractivity contribution in [3.8, 4) is 0 Å². The summed E-state index contributed by atoms with van der Waals surface area (Å²) in [5, 5.41) is 0. The van der Waals surface area contributed by atoms with Gasteiger partial charge < -0.3 is 9.47 Å². The van der Waals surface area contributed by atoms with Gasteiger partial charge in [-0.15, -0.1) is 0 Å². The second-order valence-electron chi connectivity index (χ2n) is 2.07. The first-order valence-electron chi connectivity index (χ1n) is 3.10. The summed E-state index contributed by atoms with van der Waals surface area (Å²) in [5.41, 5.74) is 0. The molecule has 0 aromatic carbocycles. The highest BCUT2D eigenvalue weighted by molar-refractivity contribution is 4.59. The molecule has 2 atom stereocenters. The van der Waals surface area contributed by atoms with Crippen molar-refractivity contribution >= 4 is 0 Å². The van der Waals surface area contributed by atoms with Gasteiger partial charge in [0.25, 0.3) is 0 Å². The van der Waals surface area contributed by atoms with Gasteiger partial charge in [0, 0.05) is 0 Å². The fraction of sp³-hybridized carbons (Fsp3) is 1.00. The van der Waals surface area contributed by atoms with Gasteiger partial charge >= 0.3 is 0 Å². The standard InChI is InChI=1S/C6H12O2/c1-3-6-4-7-5(2)8-6/h5-6H,3-4H2,1-2H3/t5?,6-/m1/s1. The van der Waals surface area contributed by atoms with Crippen LogP contribution in [0.3, 0.4) is 0 Å². The van der Waals surface area contributed by atoms with E-state index in [4.69, 9.17) is 9.47 Å². The molecule has 0 aliphatic carbocycles. The Morgan fingerprint density at radius 2 is 2.38 bits per heavy atom. The number of rotatable bonds is 1. The van der Waals surface area contributed by atoms with Crippen molar-refractivity contribution in [2.45, 2.75) is 32.7 Å². The molecule has 0 bridgehead atoms. The maximum absolute atomic E-state index is 5.29. The van der Waals surface area contributed by atoms with Crippen LogP contribution in [0.2, 0.25) is 0 Å². The van der Waals surface area contributed by atoms with Crippen molar-refractivity contribution in [2.24, 2.45) is 0 Å². The van der Waals surface area contributed by atoms with Crippen LogP contribution < -0.4 is 0 Å².